The van der Waals surface area contributed by atoms with E-state index in [9.17, 15) is 21.6 Å². The lowest BCUT2D eigenvalue weighted by molar-refractivity contribution is -0.142. The van der Waals surface area contributed by atoms with Gasteiger partial charge in [0.1, 0.15) is 4.21 Å². The third kappa shape index (κ3) is 4.29. The van der Waals surface area contributed by atoms with Crippen LogP contribution in [0, 0.1) is 0 Å². The van der Waals surface area contributed by atoms with Crippen molar-refractivity contribution < 1.29 is 26.7 Å². The number of alkyl halides is 3. The van der Waals surface area contributed by atoms with E-state index in [0.29, 0.717) is 12.8 Å². The number of aromatic nitrogens is 2. The zero-order valence-electron chi connectivity index (χ0n) is 15.6. The van der Waals surface area contributed by atoms with E-state index in [-0.39, 0.29) is 22.4 Å². The molecule has 0 radical (unpaired) electrons. The zero-order valence-corrected chi connectivity index (χ0v) is 17.2. The first-order valence-corrected chi connectivity index (χ1v) is 11.4. The summed E-state index contributed by atoms with van der Waals surface area (Å²) in [6.07, 6.45) is -2.39. The Morgan fingerprint density at radius 2 is 2.00 bits per heavy atom. The lowest BCUT2D eigenvalue weighted by atomic mass is 10.1. The van der Waals surface area contributed by atoms with Crippen LogP contribution in [0.3, 0.4) is 0 Å². The minimum Gasteiger partial charge on any atom is -0.392 e. The van der Waals surface area contributed by atoms with Crippen molar-refractivity contribution in [3.8, 4) is 0 Å². The summed E-state index contributed by atoms with van der Waals surface area (Å²) in [4.78, 5) is 0. The van der Waals surface area contributed by atoms with Gasteiger partial charge in [-0.3, -0.25) is 4.68 Å². The number of halogens is 3. The van der Waals surface area contributed by atoms with Crippen molar-refractivity contribution in [2.75, 3.05) is 0 Å². The SMILES string of the molecule is O=S(=O)(NC1Cc2ccc(Cn3cc(CO)c(C(F)(F)F)n3)cc2C1)c1cccs1. The van der Waals surface area contributed by atoms with Gasteiger partial charge < -0.3 is 5.11 Å². The zero-order chi connectivity index (χ0) is 21.5. The highest BCUT2D eigenvalue weighted by Gasteiger charge is 2.37. The molecule has 1 aromatic carbocycles. The molecule has 0 saturated heterocycles. The van der Waals surface area contributed by atoms with Crippen molar-refractivity contribution in [2.24, 2.45) is 0 Å². The Balaban J connectivity index is 1.48. The Morgan fingerprint density at radius 3 is 2.63 bits per heavy atom. The third-order valence-corrected chi connectivity index (χ3v) is 7.82. The van der Waals surface area contributed by atoms with Gasteiger partial charge in [-0.2, -0.15) is 18.3 Å². The first-order valence-electron chi connectivity index (χ1n) is 9.06. The van der Waals surface area contributed by atoms with E-state index in [0.717, 1.165) is 32.7 Å². The van der Waals surface area contributed by atoms with E-state index in [1.807, 2.05) is 12.1 Å². The Hall–Kier alpha value is -2.21. The first kappa shape index (κ1) is 21.0. The van der Waals surface area contributed by atoms with Crippen molar-refractivity contribution in [2.45, 2.75) is 42.4 Å². The van der Waals surface area contributed by atoms with Gasteiger partial charge in [-0.25, -0.2) is 13.1 Å². The third-order valence-electron chi connectivity index (χ3n) is 4.91. The number of nitrogens with zero attached hydrogens (tertiary/aromatic N) is 2. The van der Waals surface area contributed by atoms with Crippen LogP contribution in [-0.2, 0) is 42.2 Å². The van der Waals surface area contributed by atoms with Crippen molar-refractivity contribution in [3.63, 3.8) is 0 Å². The normalized spacial score (nSPS) is 16.7. The van der Waals surface area contributed by atoms with Crippen LogP contribution in [-0.4, -0.2) is 29.3 Å². The van der Waals surface area contributed by atoms with Crippen LogP contribution in [0.5, 0.6) is 0 Å². The summed E-state index contributed by atoms with van der Waals surface area (Å²) >= 11 is 1.15. The van der Waals surface area contributed by atoms with Gasteiger partial charge in [0.25, 0.3) is 0 Å². The molecule has 11 heteroatoms. The van der Waals surface area contributed by atoms with Gasteiger partial charge in [0.05, 0.1) is 13.2 Å². The molecule has 160 valence electrons. The van der Waals surface area contributed by atoms with Crippen LogP contribution in [0.15, 0.2) is 46.1 Å². The standard InChI is InChI=1S/C19H18F3N3O3S2/c20-19(21,22)18-15(11-26)10-25(23-18)9-12-3-4-13-7-16(8-14(13)6-12)24-30(27,28)17-2-1-5-29-17/h1-6,10,16,24,26H,7-9,11H2. The molecule has 2 heterocycles. The maximum Gasteiger partial charge on any atom is 0.435 e. The molecule has 0 spiro atoms. The monoisotopic (exact) mass is 457 g/mol. The molecule has 1 unspecified atom stereocenters. The molecule has 0 amide bonds. The van der Waals surface area contributed by atoms with Crippen molar-refractivity contribution >= 4 is 21.4 Å². The van der Waals surface area contributed by atoms with E-state index in [2.05, 4.69) is 9.82 Å². The van der Waals surface area contributed by atoms with Crippen LogP contribution in [0.4, 0.5) is 13.2 Å². The predicted octanol–water partition coefficient (Wildman–Crippen LogP) is 2.95. The average molecular weight is 457 g/mol. The summed E-state index contributed by atoms with van der Waals surface area (Å²) in [6.45, 7) is -0.632. The fourth-order valence-corrected chi connectivity index (χ4v) is 5.88. The number of sulfonamides is 1. The smallest absolute Gasteiger partial charge is 0.392 e. The molecule has 0 bridgehead atoms. The predicted molar refractivity (Wildman–Crippen MR) is 105 cm³/mol. The molecular weight excluding hydrogens is 439 g/mol. The Bertz CT molecular complexity index is 1160. The second-order valence-electron chi connectivity index (χ2n) is 7.12. The molecule has 30 heavy (non-hydrogen) atoms. The summed E-state index contributed by atoms with van der Waals surface area (Å²) in [5.74, 6) is 0. The average Bonchev–Trinajstić information content (AvgIpc) is 3.39. The van der Waals surface area contributed by atoms with E-state index in [1.165, 1.54) is 6.20 Å². The second-order valence-corrected chi connectivity index (χ2v) is 10.0. The van der Waals surface area contributed by atoms with Gasteiger partial charge >= 0.3 is 6.18 Å². The molecule has 1 atom stereocenters. The van der Waals surface area contributed by atoms with Crippen LogP contribution < -0.4 is 4.72 Å². The summed E-state index contributed by atoms with van der Waals surface area (Å²) < 4.78 is 68.0. The molecule has 1 aliphatic carbocycles. The highest BCUT2D eigenvalue weighted by atomic mass is 32.2. The largest absolute Gasteiger partial charge is 0.435 e. The number of rotatable bonds is 6. The maximum absolute atomic E-state index is 13.0. The van der Waals surface area contributed by atoms with Crippen LogP contribution in [0.2, 0.25) is 0 Å². The number of aliphatic hydroxyl groups excluding tert-OH is 1. The maximum atomic E-state index is 13.0. The fraction of sp³-hybridized carbons (Fsp3) is 0.316. The number of fused-ring (bicyclic) bond motifs is 1. The molecule has 0 aliphatic heterocycles. The number of benzene rings is 1. The molecular formula is C19H18F3N3O3S2. The van der Waals surface area contributed by atoms with Gasteiger partial charge in [-0.15, -0.1) is 11.3 Å². The summed E-state index contributed by atoms with van der Waals surface area (Å²) in [6, 6.07) is 8.48. The van der Waals surface area contributed by atoms with E-state index in [4.69, 9.17) is 5.11 Å². The Labute approximate surface area is 175 Å². The van der Waals surface area contributed by atoms with Crippen molar-refractivity contribution in [3.05, 3.63) is 69.9 Å². The molecule has 2 aromatic heterocycles. The molecule has 6 nitrogen and oxygen atoms in total. The number of hydrogen-bond acceptors (Lipinski definition) is 5. The van der Waals surface area contributed by atoms with Gasteiger partial charge in [-0.05, 0) is 41.0 Å². The molecule has 4 rings (SSSR count). The highest BCUT2D eigenvalue weighted by Crippen LogP contribution is 2.31. The highest BCUT2D eigenvalue weighted by molar-refractivity contribution is 7.91. The van der Waals surface area contributed by atoms with Crippen molar-refractivity contribution in [1.29, 1.82) is 0 Å². The minimum atomic E-state index is -4.63. The lowest BCUT2D eigenvalue weighted by Gasteiger charge is -2.11. The molecule has 3 aromatic rings. The van der Waals surface area contributed by atoms with Crippen LogP contribution >= 0.6 is 11.3 Å². The van der Waals surface area contributed by atoms with E-state index < -0.39 is 28.5 Å². The second kappa shape index (κ2) is 7.80. The molecule has 2 N–H and O–H groups in total. The molecule has 1 aliphatic rings. The van der Waals surface area contributed by atoms with Crippen LogP contribution in [0.25, 0.3) is 0 Å². The van der Waals surface area contributed by atoms with Gasteiger partial charge in [-0.1, -0.05) is 24.3 Å². The van der Waals surface area contributed by atoms with E-state index >= 15 is 0 Å². The summed E-state index contributed by atoms with van der Waals surface area (Å²) in [7, 11) is -3.57. The molecule has 0 fully saturated rings. The number of thiophene rings is 1. The fourth-order valence-electron chi connectivity index (χ4n) is 3.63. The minimum absolute atomic E-state index is 0.113. The lowest BCUT2D eigenvalue weighted by Crippen LogP contribution is -2.34. The number of hydrogen-bond donors (Lipinski definition) is 2. The van der Waals surface area contributed by atoms with Gasteiger partial charge in [0.15, 0.2) is 5.69 Å². The first-order chi connectivity index (χ1) is 14.2. The van der Waals surface area contributed by atoms with Gasteiger partial charge in [0.2, 0.25) is 10.0 Å². The Kier molecular flexibility index (Phi) is 5.47. The quantitative estimate of drug-likeness (QED) is 0.596. The van der Waals surface area contributed by atoms with Crippen molar-refractivity contribution in [1.82, 2.24) is 14.5 Å². The summed E-state index contributed by atoms with van der Waals surface area (Å²) in [5.41, 5.74) is 1.35. The topological polar surface area (TPSA) is 84.2 Å². The van der Waals surface area contributed by atoms with E-state index in [1.54, 1.807) is 23.6 Å². The number of nitrogens with one attached hydrogen (secondary N) is 1. The van der Waals surface area contributed by atoms with Crippen LogP contribution in [0.1, 0.15) is 27.9 Å². The summed E-state index contributed by atoms with van der Waals surface area (Å²) in [5, 5.41) is 14.4. The number of aliphatic hydroxyl groups is 1. The Morgan fingerprint density at radius 1 is 1.23 bits per heavy atom. The molecule has 0 saturated carbocycles. The van der Waals surface area contributed by atoms with Gasteiger partial charge in [0, 0.05) is 17.8 Å².